The van der Waals surface area contributed by atoms with Crippen molar-refractivity contribution >= 4 is 51.7 Å². The largest absolute Gasteiger partial charge is 0.287 e. The maximum atomic E-state index is 12.7. The van der Waals surface area contributed by atoms with Crippen LogP contribution >= 0.6 is 45.9 Å². The summed E-state index contributed by atoms with van der Waals surface area (Å²) in [5.41, 5.74) is 2.25. The summed E-state index contributed by atoms with van der Waals surface area (Å²) in [5.74, 6) is 1.41. The van der Waals surface area contributed by atoms with Crippen LogP contribution in [0, 0.1) is 0 Å². The van der Waals surface area contributed by atoms with Gasteiger partial charge in [-0.15, -0.1) is 45.9 Å². The molecule has 0 atom stereocenters. The molecular weight excluding hydrogens is 331 g/mol. The first-order chi connectivity index (χ1) is 9.77. The van der Waals surface area contributed by atoms with Gasteiger partial charge >= 0.3 is 0 Å². The zero-order valence-corrected chi connectivity index (χ0v) is 14.2. The van der Waals surface area contributed by atoms with Crippen LogP contribution in [0.15, 0.2) is 22.9 Å². The number of halogens is 2. The second-order valence-corrected chi connectivity index (χ2v) is 7.05. The van der Waals surface area contributed by atoms with E-state index in [1.165, 1.54) is 22.7 Å². The van der Waals surface area contributed by atoms with Crippen LogP contribution in [0.4, 0.5) is 0 Å². The number of hydrogen-bond donors (Lipinski definition) is 0. The summed E-state index contributed by atoms with van der Waals surface area (Å²) in [6, 6.07) is 4.08. The Balaban J connectivity index is 2.19. The van der Waals surface area contributed by atoms with Crippen molar-refractivity contribution in [3.63, 3.8) is 0 Å². The van der Waals surface area contributed by atoms with Crippen molar-refractivity contribution in [1.82, 2.24) is 0 Å². The van der Waals surface area contributed by atoms with Crippen molar-refractivity contribution in [3.05, 3.63) is 43.8 Å². The summed E-state index contributed by atoms with van der Waals surface area (Å²) in [7, 11) is 0. The molecule has 2 aromatic rings. The van der Waals surface area contributed by atoms with Crippen molar-refractivity contribution in [2.45, 2.75) is 25.7 Å². The highest BCUT2D eigenvalue weighted by Crippen LogP contribution is 2.27. The lowest BCUT2D eigenvalue weighted by molar-refractivity contribution is 0.104. The number of thiophene rings is 2. The molecule has 0 radical (unpaired) electrons. The second-order valence-electron chi connectivity index (χ2n) is 4.46. The quantitative estimate of drug-likeness (QED) is 0.463. The van der Waals surface area contributed by atoms with Crippen LogP contribution in [0.2, 0.25) is 0 Å². The number of rotatable bonds is 8. The number of carbonyl (C=O) groups is 1. The van der Waals surface area contributed by atoms with Crippen molar-refractivity contribution in [2.24, 2.45) is 0 Å². The van der Waals surface area contributed by atoms with E-state index in [2.05, 4.69) is 0 Å². The standard InChI is InChI=1S/C15H16Cl2OS2/c16-7-1-3-11-5-9-19-14(11)13(18)15-12(4-2-8-17)6-10-20-15/h5-6,9-10H,1-4,7-8H2. The van der Waals surface area contributed by atoms with Gasteiger partial charge in [0, 0.05) is 11.8 Å². The lowest BCUT2D eigenvalue weighted by atomic mass is 10.1. The Kier molecular flexibility index (Phi) is 6.56. The van der Waals surface area contributed by atoms with Crippen LogP contribution in [-0.4, -0.2) is 17.5 Å². The van der Waals surface area contributed by atoms with Crippen LogP contribution in [0.1, 0.15) is 38.5 Å². The normalized spacial score (nSPS) is 10.9. The van der Waals surface area contributed by atoms with Gasteiger partial charge < -0.3 is 0 Å². The minimum absolute atomic E-state index is 0.157. The smallest absolute Gasteiger partial charge is 0.213 e. The van der Waals surface area contributed by atoms with Crippen LogP contribution in [0.5, 0.6) is 0 Å². The summed E-state index contributed by atoms with van der Waals surface area (Å²) in [5, 5.41) is 3.98. The molecule has 0 aliphatic carbocycles. The first kappa shape index (κ1) is 16.0. The molecule has 2 rings (SSSR count). The van der Waals surface area contributed by atoms with Gasteiger partial charge in [-0.2, -0.15) is 0 Å². The summed E-state index contributed by atoms with van der Waals surface area (Å²) in [6.07, 6.45) is 3.55. The Morgan fingerprint density at radius 2 is 1.35 bits per heavy atom. The topological polar surface area (TPSA) is 17.1 Å². The fraction of sp³-hybridized carbons (Fsp3) is 0.400. The molecule has 0 bridgehead atoms. The minimum atomic E-state index is 0.157. The van der Waals surface area contributed by atoms with Crippen molar-refractivity contribution in [3.8, 4) is 0 Å². The van der Waals surface area contributed by atoms with Gasteiger partial charge in [-0.1, -0.05) is 0 Å². The van der Waals surface area contributed by atoms with Crippen molar-refractivity contribution in [2.75, 3.05) is 11.8 Å². The average Bonchev–Trinajstić information content (AvgIpc) is 3.10. The molecule has 0 saturated carbocycles. The molecule has 20 heavy (non-hydrogen) atoms. The van der Waals surface area contributed by atoms with E-state index in [1.54, 1.807) is 0 Å². The van der Waals surface area contributed by atoms with E-state index in [9.17, 15) is 4.79 Å². The first-order valence-corrected chi connectivity index (χ1v) is 9.40. The maximum Gasteiger partial charge on any atom is 0.213 e. The van der Waals surface area contributed by atoms with Gasteiger partial charge in [-0.3, -0.25) is 4.79 Å². The van der Waals surface area contributed by atoms with E-state index < -0.39 is 0 Å². The number of ketones is 1. The van der Waals surface area contributed by atoms with Gasteiger partial charge in [-0.05, 0) is 59.7 Å². The molecule has 0 N–H and O–H groups in total. The maximum absolute atomic E-state index is 12.7. The molecular formula is C15H16Cl2OS2. The Labute approximate surface area is 137 Å². The molecule has 2 heterocycles. The fourth-order valence-electron chi connectivity index (χ4n) is 2.08. The summed E-state index contributed by atoms with van der Waals surface area (Å²) >= 11 is 14.5. The first-order valence-electron chi connectivity index (χ1n) is 6.57. The van der Waals surface area contributed by atoms with Crippen LogP contribution < -0.4 is 0 Å². The van der Waals surface area contributed by atoms with E-state index in [-0.39, 0.29) is 5.78 Å². The van der Waals surface area contributed by atoms with Crippen molar-refractivity contribution < 1.29 is 4.79 Å². The monoisotopic (exact) mass is 346 g/mol. The predicted octanol–water partition coefficient (Wildman–Crippen LogP) is 5.38. The third-order valence-electron chi connectivity index (χ3n) is 3.07. The number of alkyl halides is 2. The Bertz CT molecular complexity index is 511. The lowest BCUT2D eigenvalue weighted by Gasteiger charge is -2.04. The molecule has 2 aromatic heterocycles. The molecule has 0 fully saturated rings. The molecule has 0 amide bonds. The lowest BCUT2D eigenvalue weighted by Crippen LogP contribution is -2.03. The molecule has 0 saturated heterocycles. The van der Waals surface area contributed by atoms with E-state index in [0.717, 1.165) is 46.6 Å². The number of hydrogen-bond acceptors (Lipinski definition) is 3. The van der Waals surface area contributed by atoms with Gasteiger partial charge in [-0.25, -0.2) is 0 Å². The Hall–Kier alpha value is -0.350. The zero-order valence-electron chi connectivity index (χ0n) is 11.0. The van der Waals surface area contributed by atoms with E-state index in [4.69, 9.17) is 23.2 Å². The van der Waals surface area contributed by atoms with E-state index in [1.807, 2.05) is 22.9 Å². The highest BCUT2D eigenvalue weighted by atomic mass is 35.5. The molecule has 0 aliphatic heterocycles. The molecule has 0 aliphatic rings. The summed E-state index contributed by atoms with van der Waals surface area (Å²) in [6.45, 7) is 0. The van der Waals surface area contributed by atoms with Gasteiger partial charge in [0.2, 0.25) is 5.78 Å². The third kappa shape index (κ3) is 3.85. The van der Waals surface area contributed by atoms with Crippen molar-refractivity contribution in [1.29, 1.82) is 0 Å². The van der Waals surface area contributed by atoms with Gasteiger partial charge in [0.25, 0.3) is 0 Å². The highest BCUT2D eigenvalue weighted by Gasteiger charge is 2.19. The number of aryl methyl sites for hydroxylation is 2. The molecule has 0 spiro atoms. The summed E-state index contributed by atoms with van der Waals surface area (Å²) < 4.78 is 0. The minimum Gasteiger partial charge on any atom is -0.287 e. The SMILES string of the molecule is O=C(c1sccc1CCCCl)c1sccc1CCCCl. The van der Waals surface area contributed by atoms with Gasteiger partial charge in [0.15, 0.2) is 0 Å². The molecule has 0 aromatic carbocycles. The van der Waals surface area contributed by atoms with Gasteiger partial charge in [0.05, 0.1) is 9.75 Å². The predicted molar refractivity (Wildman–Crippen MR) is 90.2 cm³/mol. The summed E-state index contributed by atoms with van der Waals surface area (Å²) in [4.78, 5) is 14.4. The molecule has 108 valence electrons. The van der Waals surface area contributed by atoms with Crippen LogP contribution in [0.3, 0.4) is 0 Å². The zero-order chi connectivity index (χ0) is 14.4. The molecule has 0 unspecified atom stereocenters. The average molecular weight is 347 g/mol. The number of carbonyl (C=O) groups excluding carboxylic acids is 1. The molecule has 5 heteroatoms. The Morgan fingerprint density at radius 3 is 1.75 bits per heavy atom. The van der Waals surface area contributed by atoms with Crippen LogP contribution in [-0.2, 0) is 12.8 Å². The Morgan fingerprint density at radius 1 is 0.900 bits per heavy atom. The third-order valence-corrected chi connectivity index (χ3v) is 5.51. The fourth-order valence-corrected chi connectivity index (χ4v) is 4.21. The molecule has 1 nitrogen and oxygen atoms in total. The van der Waals surface area contributed by atoms with E-state index in [0.29, 0.717) is 11.8 Å². The van der Waals surface area contributed by atoms with Gasteiger partial charge in [0.1, 0.15) is 0 Å². The van der Waals surface area contributed by atoms with E-state index >= 15 is 0 Å². The van der Waals surface area contributed by atoms with Crippen LogP contribution in [0.25, 0.3) is 0 Å². The highest BCUT2D eigenvalue weighted by molar-refractivity contribution is 7.16. The second kappa shape index (κ2) is 8.18.